The van der Waals surface area contributed by atoms with Crippen molar-refractivity contribution in [1.82, 2.24) is 0 Å². The third-order valence-electron chi connectivity index (χ3n) is 3.02. The van der Waals surface area contributed by atoms with Crippen molar-refractivity contribution in [3.8, 4) is 5.75 Å². The maximum atomic E-state index is 13.7. The predicted octanol–water partition coefficient (Wildman–Crippen LogP) is 3.71. The number of rotatable bonds is 5. The molecule has 1 atom stereocenters. The van der Waals surface area contributed by atoms with Gasteiger partial charge in [0.15, 0.2) is 0 Å². The normalized spacial score (nSPS) is 12.0. The van der Waals surface area contributed by atoms with Gasteiger partial charge in [-0.25, -0.2) is 4.39 Å². The van der Waals surface area contributed by atoms with E-state index in [1.165, 1.54) is 6.07 Å². The fourth-order valence-corrected chi connectivity index (χ4v) is 2.50. The molecule has 1 unspecified atom stereocenters. The Labute approximate surface area is 126 Å². The van der Waals surface area contributed by atoms with E-state index in [4.69, 9.17) is 10.5 Å². The van der Waals surface area contributed by atoms with Crippen molar-refractivity contribution in [3.05, 3.63) is 58.3 Å². The van der Waals surface area contributed by atoms with Crippen LogP contribution in [-0.4, -0.2) is 13.7 Å². The maximum Gasteiger partial charge on any atom is 0.146 e. The Hall–Kier alpha value is -1.59. The maximum absolute atomic E-state index is 13.7. The lowest BCUT2D eigenvalue weighted by atomic mass is 10.1. The molecule has 5 heteroatoms. The summed E-state index contributed by atoms with van der Waals surface area (Å²) in [6.45, 7) is 0.354. The molecule has 0 saturated carbocycles. The van der Waals surface area contributed by atoms with Gasteiger partial charge in [0.2, 0.25) is 0 Å². The van der Waals surface area contributed by atoms with Crippen LogP contribution in [0.2, 0.25) is 0 Å². The molecular formula is C15H16BrFN2O. The molecule has 0 radical (unpaired) electrons. The molecule has 0 aliphatic carbocycles. The van der Waals surface area contributed by atoms with Crippen LogP contribution < -0.4 is 15.8 Å². The number of halogens is 2. The van der Waals surface area contributed by atoms with Crippen LogP contribution in [0.1, 0.15) is 11.6 Å². The number of hydrogen-bond acceptors (Lipinski definition) is 3. The molecule has 0 spiro atoms. The van der Waals surface area contributed by atoms with E-state index in [9.17, 15) is 4.39 Å². The zero-order chi connectivity index (χ0) is 14.5. The average molecular weight is 339 g/mol. The van der Waals surface area contributed by atoms with Crippen molar-refractivity contribution < 1.29 is 9.13 Å². The predicted molar refractivity (Wildman–Crippen MR) is 82.5 cm³/mol. The van der Waals surface area contributed by atoms with E-state index in [1.807, 2.05) is 18.2 Å². The highest BCUT2D eigenvalue weighted by atomic mass is 79.9. The monoisotopic (exact) mass is 338 g/mol. The zero-order valence-electron chi connectivity index (χ0n) is 11.1. The number of methoxy groups -OCH3 is 1. The van der Waals surface area contributed by atoms with Gasteiger partial charge in [0, 0.05) is 6.54 Å². The van der Waals surface area contributed by atoms with Gasteiger partial charge in [0.05, 0.1) is 23.3 Å². The molecule has 2 rings (SSSR count). The summed E-state index contributed by atoms with van der Waals surface area (Å²) in [7, 11) is 1.61. The molecule has 106 valence electrons. The first-order valence-electron chi connectivity index (χ1n) is 6.20. The van der Waals surface area contributed by atoms with Crippen LogP contribution in [0.4, 0.5) is 10.1 Å². The first kappa shape index (κ1) is 14.8. The largest absolute Gasteiger partial charge is 0.496 e. The zero-order valence-corrected chi connectivity index (χ0v) is 12.7. The smallest absolute Gasteiger partial charge is 0.146 e. The SMILES string of the molecule is COc1ccc(C(CN)Nc2ccccc2F)cc1Br. The molecule has 2 aromatic rings. The number of para-hydroxylation sites is 1. The van der Waals surface area contributed by atoms with E-state index in [-0.39, 0.29) is 11.9 Å². The van der Waals surface area contributed by atoms with Crippen molar-refractivity contribution in [1.29, 1.82) is 0 Å². The summed E-state index contributed by atoms with van der Waals surface area (Å²) >= 11 is 3.44. The number of anilines is 1. The highest BCUT2D eigenvalue weighted by Gasteiger charge is 2.13. The summed E-state index contributed by atoms with van der Waals surface area (Å²) < 4.78 is 19.7. The van der Waals surface area contributed by atoms with Gasteiger partial charge >= 0.3 is 0 Å². The lowest BCUT2D eigenvalue weighted by molar-refractivity contribution is 0.412. The van der Waals surface area contributed by atoms with Gasteiger partial charge in [-0.15, -0.1) is 0 Å². The van der Waals surface area contributed by atoms with E-state index < -0.39 is 0 Å². The fraction of sp³-hybridized carbons (Fsp3) is 0.200. The highest BCUT2D eigenvalue weighted by molar-refractivity contribution is 9.10. The molecule has 3 N–H and O–H groups in total. The summed E-state index contributed by atoms with van der Waals surface area (Å²) in [5.41, 5.74) is 7.19. The van der Waals surface area contributed by atoms with Crippen LogP contribution in [0.5, 0.6) is 5.75 Å². The molecule has 0 aliphatic rings. The Morgan fingerprint density at radius 1 is 1.30 bits per heavy atom. The molecule has 0 fully saturated rings. The van der Waals surface area contributed by atoms with Gasteiger partial charge in [-0.3, -0.25) is 0 Å². The van der Waals surface area contributed by atoms with Gasteiger partial charge in [0.1, 0.15) is 11.6 Å². The summed E-state index contributed by atoms with van der Waals surface area (Å²) in [6.07, 6.45) is 0. The second-order valence-electron chi connectivity index (χ2n) is 4.31. The van der Waals surface area contributed by atoms with E-state index in [0.29, 0.717) is 12.2 Å². The minimum atomic E-state index is -0.293. The molecule has 2 aromatic carbocycles. The molecule has 0 heterocycles. The summed E-state index contributed by atoms with van der Waals surface area (Å²) in [5.74, 6) is 0.453. The number of hydrogen-bond donors (Lipinski definition) is 2. The fourth-order valence-electron chi connectivity index (χ4n) is 1.94. The van der Waals surface area contributed by atoms with Crippen molar-refractivity contribution in [2.75, 3.05) is 19.0 Å². The first-order valence-corrected chi connectivity index (χ1v) is 6.99. The van der Waals surface area contributed by atoms with Crippen LogP contribution in [0.3, 0.4) is 0 Å². The molecule has 0 amide bonds. The Balaban J connectivity index is 2.24. The lowest BCUT2D eigenvalue weighted by Gasteiger charge is -2.20. The molecule has 20 heavy (non-hydrogen) atoms. The third kappa shape index (κ3) is 3.29. The third-order valence-corrected chi connectivity index (χ3v) is 3.64. The van der Waals surface area contributed by atoms with Gasteiger partial charge in [0.25, 0.3) is 0 Å². The number of nitrogens with one attached hydrogen (secondary N) is 1. The van der Waals surface area contributed by atoms with Crippen molar-refractivity contribution in [3.63, 3.8) is 0 Å². The van der Waals surface area contributed by atoms with Crippen LogP contribution in [0, 0.1) is 5.82 Å². The van der Waals surface area contributed by atoms with Crippen molar-refractivity contribution in [2.45, 2.75) is 6.04 Å². The lowest BCUT2D eigenvalue weighted by Crippen LogP contribution is -2.21. The first-order chi connectivity index (χ1) is 9.65. The highest BCUT2D eigenvalue weighted by Crippen LogP contribution is 2.29. The molecule has 0 aromatic heterocycles. The van der Waals surface area contributed by atoms with Gasteiger partial charge in [-0.1, -0.05) is 18.2 Å². The van der Waals surface area contributed by atoms with Crippen LogP contribution in [0.15, 0.2) is 46.9 Å². The van der Waals surface area contributed by atoms with Crippen molar-refractivity contribution in [2.24, 2.45) is 5.73 Å². The van der Waals surface area contributed by atoms with E-state index >= 15 is 0 Å². The van der Waals surface area contributed by atoms with Gasteiger partial charge in [-0.05, 0) is 45.8 Å². The molecule has 0 saturated heterocycles. The minimum absolute atomic E-state index is 0.172. The van der Waals surface area contributed by atoms with Crippen LogP contribution in [0.25, 0.3) is 0 Å². The summed E-state index contributed by atoms with van der Waals surface area (Å²) in [4.78, 5) is 0. The van der Waals surface area contributed by atoms with Gasteiger partial charge in [-0.2, -0.15) is 0 Å². The topological polar surface area (TPSA) is 47.3 Å². The van der Waals surface area contributed by atoms with E-state index in [2.05, 4.69) is 21.2 Å². The number of benzene rings is 2. The molecular weight excluding hydrogens is 323 g/mol. The quantitative estimate of drug-likeness (QED) is 0.873. The molecule has 0 bridgehead atoms. The Morgan fingerprint density at radius 2 is 2.05 bits per heavy atom. The van der Waals surface area contributed by atoms with Gasteiger partial charge < -0.3 is 15.8 Å². The number of nitrogens with two attached hydrogens (primary N) is 1. The van der Waals surface area contributed by atoms with Crippen LogP contribution in [-0.2, 0) is 0 Å². The summed E-state index contributed by atoms with van der Waals surface area (Å²) in [6, 6.07) is 12.1. The minimum Gasteiger partial charge on any atom is -0.496 e. The van der Waals surface area contributed by atoms with Crippen LogP contribution >= 0.6 is 15.9 Å². The Kier molecular flexibility index (Phi) is 4.98. The summed E-state index contributed by atoms with van der Waals surface area (Å²) in [5, 5.41) is 3.12. The Bertz CT molecular complexity index is 592. The molecule has 0 aliphatic heterocycles. The Morgan fingerprint density at radius 3 is 2.65 bits per heavy atom. The number of ether oxygens (including phenoxy) is 1. The van der Waals surface area contributed by atoms with E-state index in [1.54, 1.807) is 25.3 Å². The second kappa shape index (κ2) is 6.72. The standard InChI is InChI=1S/C15H16BrFN2O/c1-20-15-7-6-10(8-11(15)16)14(9-18)19-13-5-3-2-4-12(13)17/h2-8,14,19H,9,18H2,1H3. The second-order valence-corrected chi connectivity index (χ2v) is 5.16. The molecule has 3 nitrogen and oxygen atoms in total. The average Bonchev–Trinajstić information content (AvgIpc) is 2.46. The van der Waals surface area contributed by atoms with Crippen molar-refractivity contribution >= 4 is 21.6 Å². The van der Waals surface area contributed by atoms with E-state index in [0.717, 1.165) is 15.8 Å².